The number of aromatic carboxylic acids is 1. The molecule has 0 aliphatic rings. The molecule has 0 aliphatic heterocycles. The number of nitrogens with zero attached hydrogens (tertiary/aromatic N) is 2. The molecule has 3 aromatic rings. The Morgan fingerprint density at radius 3 is 2.80 bits per heavy atom. The van der Waals surface area contributed by atoms with Crippen LogP contribution in [0.3, 0.4) is 0 Å². The van der Waals surface area contributed by atoms with Gasteiger partial charge >= 0.3 is 5.97 Å². The molecule has 0 fully saturated rings. The van der Waals surface area contributed by atoms with E-state index in [0.29, 0.717) is 10.9 Å². The first kappa shape index (κ1) is 12.8. The van der Waals surface area contributed by atoms with Gasteiger partial charge in [-0.15, -0.1) is 22.7 Å². The van der Waals surface area contributed by atoms with Gasteiger partial charge in [0.2, 0.25) is 0 Å². The number of carboxylic acids is 1. The van der Waals surface area contributed by atoms with Crippen molar-refractivity contribution < 1.29 is 9.90 Å². The van der Waals surface area contributed by atoms with Gasteiger partial charge in [-0.3, -0.25) is 0 Å². The summed E-state index contributed by atoms with van der Waals surface area (Å²) in [7, 11) is 0. The van der Waals surface area contributed by atoms with Crippen molar-refractivity contribution in [3.8, 4) is 10.4 Å². The predicted molar refractivity (Wildman–Crippen MR) is 79.9 cm³/mol. The average molecular weight is 303 g/mol. The van der Waals surface area contributed by atoms with E-state index in [1.54, 1.807) is 29.8 Å². The quantitative estimate of drug-likeness (QED) is 0.768. The van der Waals surface area contributed by atoms with Crippen molar-refractivity contribution in [3.63, 3.8) is 0 Å². The molecule has 0 unspecified atom stereocenters. The summed E-state index contributed by atoms with van der Waals surface area (Å²) >= 11 is 2.93. The third kappa shape index (κ3) is 2.54. The number of nitrogens with one attached hydrogen (secondary N) is 1. The molecule has 0 aromatic carbocycles. The van der Waals surface area contributed by atoms with Crippen LogP contribution in [0.25, 0.3) is 10.4 Å². The molecule has 0 radical (unpaired) electrons. The van der Waals surface area contributed by atoms with Crippen molar-refractivity contribution in [1.29, 1.82) is 0 Å². The molecule has 3 heterocycles. The smallest absolute Gasteiger partial charge is 0.339 e. The first-order valence-corrected chi connectivity index (χ1v) is 7.44. The lowest BCUT2D eigenvalue weighted by Crippen LogP contribution is -2.05. The highest BCUT2D eigenvalue weighted by Crippen LogP contribution is 2.28. The van der Waals surface area contributed by atoms with E-state index < -0.39 is 5.97 Å². The molecule has 7 heteroatoms. The zero-order valence-electron chi connectivity index (χ0n) is 10.1. The highest BCUT2D eigenvalue weighted by atomic mass is 32.1. The van der Waals surface area contributed by atoms with E-state index in [1.165, 1.54) is 11.3 Å². The van der Waals surface area contributed by atoms with Crippen LogP contribution in [0.15, 0.2) is 41.4 Å². The van der Waals surface area contributed by atoms with Crippen LogP contribution < -0.4 is 5.32 Å². The van der Waals surface area contributed by atoms with Gasteiger partial charge in [0.25, 0.3) is 0 Å². The number of anilines is 2. The average Bonchev–Trinajstić information content (AvgIpc) is 3.11. The lowest BCUT2D eigenvalue weighted by molar-refractivity contribution is 0.0697. The molecule has 0 saturated carbocycles. The molecule has 3 rings (SSSR count). The molecule has 0 atom stereocenters. The summed E-state index contributed by atoms with van der Waals surface area (Å²) in [4.78, 5) is 20.6. The van der Waals surface area contributed by atoms with Crippen molar-refractivity contribution in [2.24, 2.45) is 0 Å². The molecule has 0 spiro atoms. The van der Waals surface area contributed by atoms with Crippen LogP contribution >= 0.6 is 22.7 Å². The number of hydrogen-bond acceptors (Lipinski definition) is 6. The minimum absolute atomic E-state index is 0.131. The second kappa shape index (κ2) is 5.40. The summed E-state index contributed by atoms with van der Waals surface area (Å²) in [6.45, 7) is 0. The Hall–Kier alpha value is -2.25. The molecule has 0 amide bonds. The summed E-state index contributed by atoms with van der Waals surface area (Å²) in [5.74, 6) is -0.720. The van der Waals surface area contributed by atoms with Gasteiger partial charge < -0.3 is 10.4 Å². The highest BCUT2D eigenvalue weighted by Gasteiger charge is 2.14. The number of pyridine rings is 1. The second-order valence-corrected chi connectivity index (χ2v) is 5.71. The molecule has 0 aliphatic carbocycles. The second-order valence-electron chi connectivity index (χ2n) is 3.86. The molecule has 2 N–H and O–H groups in total. The Bertz CT molecular complexity index is 724. The van der Waals surface area contributed by atoms with Crippen LogP contribution in [0, 0.1) is 0 Å². The molecule has 0 saturated heterocycles. The van der Waals surface area contributed by atoms with Gasteiger partial charge in [-0.1, -0.05) is 6.07 Å². The SMILES string of the molecule is O=C(O)c1cc(-c2cccs2)cnc1Nc1nccs1. The van der Waals surface area contributed by atoms with Gasteiger partial charge in [-0.05, 0) is 17.5 Å². The van der Waals surface area contributed by atoms with Crippen LogP contribution in [0.5, 0.6) is 0 Å². The van der Waals surface area contributed by atoms with Gasteiger partial charge in [0.1, 0.15) is 11.4 Å². The zero-order valence-corrected chi connectivity index (χ0v) is 11.7. The monoisotopic (exact) mass is 303 g/mol. The number of rotatable bonds is 4. The fraction of sp³-hybridized carbons (Fsp3) is 0. The van der Waals surface area contributed by atoms with Crippen LogP contribution in [-0.2, 0) is 0 Å². The Balaban J connectivity index is 2.00. The molecule has 3 aromatic heterocycles. The van der Waals surface area contributed by atoms with Gasteiger partial charge in [0.05, 0.1) is 0 Å². The minimum atomic E-state index is -1.02. The summed E-state index contributed by atoms with van der Waals surface area (Å²) in [5.41, 5.74) is 0.924. The number of thiophene rings is 1. The maximum Gasteiger partial charge on any atom is 0.339 e. The van der Waals surface area contributed by atoms with E-state index in [1.807, 2.05) is 22.9 Å². The van der Waals surface area contributed by atoms with E-state index in [2.05, 4.69) is 15.3 Å². The molecule has 100 valence electrons. The number of carboxylic acid groups (broad SMARTS) is 1. The number of aromatic nitrogens is 2. The Labute approximate surface area is 122 Å². The predicted octanol–water partition coefficient (Wildman–Crippen LogP) is 3.71. The third-order valence-corrected chi connectivity index (χ3v) is 4.19. The molecular weight excluding hydrogens is 294 g/mol. The fourth-order valence-electron chi connectivity index (χ4n) is 1.69. The molecular formula is C13H9N3O2S2. The van der Waals surface area contributed by atoms with E-state index in [-0.39, 0.29) is 5.56 Å². The summed E-state index contributed by atoms with van der Waals surface area (Å²) < 4.78 is 0. The maximum absolute atomic E-state index is 11.4. The molecule has 0 bridgehead atoms. The largest absolute Gasteiger partial charge is 0.478 e. The van der Waals surface area contributed by atoms with Crippen molar-refractivity contribution in [2.45, 2.75) is 0 Å². The lowest BCUT2D eigenvalue weighted by Gasteiger charge is -2.07. The first-order valence-electron chi connectivity index (χ1n) is 5.68. The van der Waals surface area contributed by atoms with E-state index in [9.17, 15) is 9.90 Å². The maximum atomic E-state index is 11.4. The Morgan fingerprint density at radius 2 is 2.15 bits per heavy atom. The van der Waals surface area contributed by atoms with Crippen LogP contribution in [0.4, 0.5) is 10.9 Å². The number of hydrogen-bond donors (Lipinski definition) is 2. The van der Waals surface area contributed by atoms with E-state index >= 15 is 0 Å². The molecule has 20 heavy (non-hydrogen) atoms. The normalized spacial score (nSPS) is 10.4. The third-order valence-electron chi connectivity index (χ3n) is 2.58. The summed E-state index contributed by atoms with van der Waals surface area (Å²) in [6.07, 6.45) is 3.31. The van der Waals surface area contributed by atoms with Gasteiger partial charge in [0.15, 0.2) is 5.13 Å². The fourth-order valence-corrected chi connectivity index (χ4v) is 2.93. The molecule has 5 nitrogen and oxygen atoms in total. The van der Waals surface area contributed by atoms with Crippen LogP contribution in [-0.4, -0.2) is 21.0 Å². The van der Waals surface area contributed by atoms with Crippen molar-refractivity contribution in [1.82, 2.24) is 9.97 Å². The Kier molecular flexibility index (Phi) is 3.44. The van der Waals surface area contributed by atoms with E-state index in [4.69, 9.17) is 0 Å². The van der Waals surface area contributed by atoms with E-state index in [0.717, 1.165) is 10.4 Å². The Morgan fingerprint density at radius 1 is 1.25 bits per heavy atom. The topological polar surface area (TPSA) is 75.1 Å². The standard InChI is InChI=1S/C13H9N3O2S2/c17-12(18)9-6-8(10-2-1-4-19-10)7-15-11(9)16-13-14-3-5-20-13/h1-7H,(H,17,18)(H,14,15,16). The van der Waals surface area contributed by atoms with Gasteiger partial charge in [0, 0.05) is 28.2 Å². The van der Waals surface area contributed by atoms with Crippen molar-refractivity contribution >= 4 is 39.6 Å². The highest BCUT2D eigenvalue weighted by molar-refractivity contribution is 7.13. The summed E-state index contributed by atoms with van der Waals surface area (Å²) in [5, 5.41) is 16.6. The van der Waals surface area contributed by atoms with Crippen LogP contribution in [0.2, 0.25) is 0 Å². The number of carbonyl (C=O) groups is 1. The van der Waals surface area contributed by atoms with Gasteiger partial charge in [-0.25, -0.2) is 14.8 Å². The number of thiazole rings is 1. The minimum Gasteiger partial charge on any atom is -0.478 e. The summed E-state index contributed by atoms with van der Waals surface area (Å²) in [6, 6.07) is 5.47. The van der Waals surface area contributed by atoms with Crippen LogP contribution in [0.1, 0.15) is 10.4 Å². The van der Waals surface area contributed by atoms with Gasteiger partial charge in [-0.2, -0.15) is 0 Å². The zero-order chi connectivity index (χ0) is 13.9. The first-order chi connectivity index (χ1) is 9.74. The lowest BCUT2D eigenvalue weighted by atomic mass is 10.1. The van der Waals surface area contributed by atoms with Crippen molar-refractivity contribution in [2.75, 3.05) is 5.32 Å². The van der Waals surface area contributed by atoms with Crippen molar-refractivity contribution in [3.05, 3.63) is 46.9 Å².